The topological polar surface area (TPSA) is 73.1 Å². The molecular formula is C21H22N2O2. The molecule has 1 aliphatic carbocycles. The summed E-state index contributed by atoms with van der Waals surface area (Å²) in [5.74, 6) is 0.275. The molecule has 25 heavy (non-hydrogen) atoms. The summed E-state index contributed by atoms with van der Waals surface area (Å²) in [4.78, 5) is 12.5. The van der Waals surface area contributed by atoms with E-state index in [2.05, 4.69) is 17.4 Å². The molecule has 0 radical (unpaired) electrons. The van der Waals surface area contributed by atoms with Crippen LogP contribution in [-0.4, -0.2) is 17.6 Å². The fraction of sp³-hybridized carbons (Fsp3) is 0.333. The summed E-state index contributed by atoms with van der Waals surface area (Å²) in [6.07, 6.45) is 3.98. The Balaban J connectivity index is 1.95. The minimum atomic E-state index is -0.0969. The van der Waals surface area contributed by atoms with E-state index in [0.717, 1.165) is 36.8 Å². The van der Waals surface area contributed by atoms with Crippen LogP contribution in [0.15, 0.2) is 48.5 Å². The Morgan fingerprint density at radius 3 is 2.60 bits per heavy atom. The van der Waals surface area contributed by atoms with Gasteiger partial charge in [-0.05, 0) is 47.6 Å². The summed E-state index contributed by atoms with van der Waals surface area (Å²) in [7, 11) is 0. The zero-order valence-electron chi connectivity index (χ0n) is 14.1. The van der Waals surface area contributed by atoms with Gasteiger partial charge in [0, 0.05) is 5.92 Å². The largest absolute Gasteiger partial charge is 0.508 e. The van der Waals surface area contributed by atoms with Crippen LogP contribution in [0.5, 0.6) is 5.75 Å². The maximum atomic E-state index is 12.5. The van der Waals surface area contributed by atoms with Gasteiger partial charge < -0.3 is 10.4 Å². The van der Waals surface area contributed by atoms with Gasteiger partial charge in [0.05, 0.1) is 6.07 Å². The number of carbonyl (C=O) groups is 1. The zero-order valence-corrected chi connectivity index (χ0v) is 14.1. The quantitative estimate of drug-likeness (QED) is 0.831. The van der Waals surface area contributed by atoms with Crippen molar-refractivity contribution in [2.75, 3.05) is 6.54 Å². The van der Waals surface area contributed by atoms with Crippen molar-refractivity contribution in [2.45, 2.75) is 31.6 Å². The van der Waals surface area contributed by atoms with E-state index in [1.54, 1.807) is 12.1 Å². The second-order valence-corrected chi connectivity index (χ2v) is 6.51. The van der Waals surface area contributed by atoms with Gasteiger partial charge >= 0.3 is 0 Å². The third-order valence-corrected chi connectivity index (χ3v) is 4.98. The van der Waals surface area contributed by atoms with Crippen LogP contribution in [-0.2, 0) is 4.79 Å². The van der Waals surface area contributed by atoms with Crippen LogP contribution in [0.1, 0.15) is 37.2 Å². The third kappa shape index (κ3) is 3.83. The molecule has 2 atom stereocenters. The molecule has 0 bridgehead atoms. The van der Waals surface area contributed by atoms with Crippen LogP contribution in [0.25, 0.3) is 11.1 Å². The first-order chi connectivity index (χ1) is 12.2. The van der Waals surface area contributed by atoms with Crippen LogP contribution in [0.3, 0.4) is 0 Å². The fourth-order valence-corrected chi connectivity index (χ4v) is 3.80. The highest BCUT2D eigenvalue weighted by molar-refractivity contribution is 5.81. The molecule has 4 heteroatoms. The summed E-state index contributed by atoms with van der Waals surface area (Å²) < 4.78 is 0. The number of amides is 1. The molecule has 1 amide bonds. The number of hydrogen-bond acceptors (Lipinski definition) is 3. The number of rotatable bonds is 4. The summed E-state index contributed by atoms with van der Waals surface area (Å²) in [5, 5.41) is 21.0. The first-order valence-corrected chi connectivity index (χ1v) is 8.73. The molecule has 0 aromatic heterocycles. The van der Waals surface area contributed by atoms with E-state index in [9.17, 15) is 9.90 Å². The smallest absolute Gasteiger partial charge is 0.224 e. The van der Waals surface area contributed by atoms with Gasteiger partial charge in [-0.25, -0.2) is 0 Å². The maximum Gasteiger partial charge on any atom is 0.224 e. The van der Waals surface area contributed by atoms with Crippen molar-refractivity contribution < 1.29 is 9.90 Å². The molecule has 0 heterocycles. The number of nitriles is 1. The van der Waals surface area contributed by atoms with Crippen LogP contribution >= 0.6 is 0 Å². The van der Waals surface area contributed by atoms with Gasteiger partial charge in [0.25, 0.3) is 0 Å². The summed E-state index contributed by atoms with van der Waals surface area (Å²) in [5.41, 5.74) is 3.31. The summed E-state index contributed by atoms with van der Waals surface area (Å²) >= 11 is 0. The van der Waals surface area contributed by atoms with Crippen molar-refractivity contribution >= 4 is 5.91 Å². The van der Waals surface area contributed by atoms with Crippen molar-refractivity contribution in [2.24, 2.45) is 5.92 Å². The van der Waals surface area contributed by atoms with Gasteiger partial charge in [-0.15, -0.1) is 0 Å². The van der Waals surface area contributed by atoms with E-state index in [4.69, 9.17) is 5.26 Å². The van der Waals surface area contributed by atoms with Gasteiger partial charge in [0.1, 0.15) is 12.3 Å². The Hall–Kier alpha value is -2.80. The average Bonchev–Trinajstić information content (AvgIpc) is 2.67. The molecule has 1 aliphatic rings. The van der Waals surface area contributed by atoms with Crippen LogP contribution in [0.2, 0.25) is 0 Å². The molecule has 1 unspecified atom stereocenters. The van der Waals surface area contributed by atoms with Crippen molar-refractivity contribution in [3.05, 3.63) is 54.1 Å². The first-order valence-electron chi connectivity index (χ1n) is 8.73. The van der Waals surface area contributed by atoms with Crippen molar-refractivity contribution in [3.8, 4) is 22.9 Å². The molecule has 0 aliphatic heterocycles. The van der Waals surface area contributed by atoms with Crippen LogP contribution in [0, 0.1) is 17.2 Å². The van der Waals surface area contributed by atoms with Crippen LogP contribution < -0.4 is 5.32 Å². The van der Waals surface area contributed by atoms with E-state index in [-0.39, 0.29) is 30.0 Å². The molecular weight excluding hydrogens is 312 g/mol. The number of nitrogens with zero attached hydrogens (tertiary/aromatic N) is 1. The minimum Gasteiger partial charge on any atom is -0.508 e. The van der Waals surface area contributed by atoms with E-state index in [0.29, 0.717) is 0 Å². The molecule has 2 aromatic rings. The lowest BCUT2D eigenvalue weighted by Crippen LogP contribution is -2.36. The Morgan fingerprint density at radius 1 is 1.12 bits per heavy atom. The second kappa shape index (κ2) is 7.85. The fourth-order valence-electron chi connectivity index (χ4n) is 3.80. The number of hydrogen-bond donors (Lipinski definition) is 2. The minimum absolute atomic E-state index is 0.0215. The SMILES string of the molecule is N#CCNC(=O)[C@@H]1CCCCC1c1ccccc1-c1ccc(O)cc1. The van der Waals surface area contributed by atoms with Gasteiger partial charge in [-0.2, -0.15) is 5.26 Å². The van der Waals surface area contributed by atoms with Crippen molar-refractivity contribution in [3.63, 3.8) is 0 Å². The molecule has 0 saturated heterocycles. The lowest BCUT2D eigenvalue weighted by atomic mass is 9.73. The molecule has 128 valence electrons. The normalized spacial score (nSPS) is 19.8. The molecule has 1 fully saturated rings. The third-order valence-electron chi connectivity index (χ3n) is 4.98. The Morgan fingerprint density at radius 2 is 1.84 bits per heavy atom. The van der Waals surface area contributed by atoms with Gasteiger partial charge in [-0.1, -0.05) is 49.2 Å². The monoisotopic (exact) mass is 334 g/mol. The molecule has 3 rings (SSSR count). The standard InChI is InChI=1S/C21H22N2O2/c22-13-14-23-21(25)20-8-4-3-7-19(20)18-6-2-1-5-17(18)15-9-11-16(24)12-10-15/h1-2,5-6,9-12,19-20,24H,3-4,7-8,14H2,(H,23,25)/t19?,20-/m1/s1. The predicted octanol–water partition coefficient (Wildman–Crippen LogP) is 3.97. The van der Waals surface area contributed by atoms with Crippen molar-refractivity contribution in [1.82, 2.24) is 5.32 Å². The van der Waals surface area contributed by atoms with E-state index >= 15 is 0 Å². The Kier molecular flexibility index (Phi) is 5.35. The summed E-state index contributed by atoms with van der Waals surface area (Å²) in [6.45, 7) is 0.0572. The second-order valence-electron chi connectivity index (χ2n) is 6.51. The molecule has 2 N–H and O–H groups in total. The highest BCUT2D eigenvalue weighted by Gasteiger charge is 2.33. The lowest BCUT2D eigenvalue weighted by molar-refractivity contribution is -0.126. The zero-order chi connectivity index (χ0) is 17.6. The van der Waals surface area contributed by atoms with E-state index in [1.807, 2.05) is 30.3 Å². The number of benzene rings is 2. The van der Waals surface area contributed by atoms with E-state index in [1.165, 1.54) is 5.56 Å². The molecule has 2 aromatic carbocycles. The van der Waals surface area contributed by atoms with Gasteiger partial charge in [0.15, 0.2) is 0 Å². The maximum absolute atomic E-state index is 12.5. The number of phenolic OH excluding ortho intramolecular Hbond substituents is 1. The van der Waals surface area contributed by atoms with Gasteiger partial charge in [0.2, 0.25) is 5.91 Å². The van der Waals surface area contributed by atoms with Gasteiger partial charge in [-0.3, -0.25) is 4.79 Å². The molecule has 4 nitrogen and oxygen atoms in total. The molecule has 0 spiro atoms. The number of phenols is 1. The lowest BCUT2D eigenvalue weighted by Gasteiger charge is -2.32. The molecule has 1 saturated carbocycles. The Bertz CT molecular complexity index is 777. The number of aromatic hydroxyl groups is 1. The number of nitrogens with one attached hydrogen (secondary N) is 1. The Labute approximate surface area is 148 Å². The van der Waals surface area contributed by atoms with Crippen molar-refractivity contribution in [1.29, 1.82) is 5.26 Å². The number of carbonyl (C=O) groups excluding carboxylic acids is 1. The predicted molar refractivity (Wildman–Crippen MR) is 96.9 cm³/mol. The highest BCUT2D eigenvalue weighted by Crippen LogP contribution is 2.42. The average molecular weight is 334 g/mol. The summed E-state index contributed by atoms with van der Waals surface area (Å²) in [6, 6.07) is 17.3. The van der Waals surface area contributed by atoms with Crippen LogP contribution in [0.4, 0.5) is 0 Å². The highest BCUT2D eigenvalue weighted by atomic mass is 16.3. The van der Waals surface area contributed by atoms with E-state index < -0.39 is 0 Å². The first kappa shape index (κ1) is 17.0.